The minimum atomic E-state index is -3.40. The van der Waals surface area contributed by atoms with Crippen LogP contribution in [0.4, 0.5) is 0 Å². The second-order valence-corrected chi connectivity index (χ2v) is 11.1. The van der Waals surface area contributed by atoms with Crippen LogP contribution in [0.25, 0.3) is 0 Å². The molecule has 1 saturated carbocycles. The third-order valence-electron chi connectivity index (χ3n) is 6.05. The van der Waals surface area contributed by atoms with Crippen molar-refractivity contribution in [1.29, 1.82) is 0 Å². The maximum Gasteiger partial charge on any atom is 0.239 e. The molecule has 5 heteroatoms. The lowest BCUT2D eigenvalue weighted by atomic mass is 9.82. The molecule has 0 amide bonds. The van der Waals surface area contributed by atoms with Gasteiger partial charge >= 0.3 is 0 Å². The number of hydrogen-bond acceptors (Lipinski definition) is 3. The van der Waals surface area contributed by atoms with Gasteiger partial charge in [-0.1, -0.05) is 45.3 Å². The zero-order chi connectivity index (χ0) is 18.2. The van der Waals surface area contributed by atoms with E-state index in [1.165, 1.54) is 18.4 Å². The first kappa shape index (κ1) is 19.1. The normalized spacial score (nSPS) is 29.8. The fourth-order valence-corrected chi connectivity index (χ4v) is 5.67. The Kier molecular flexibility index (Phi) is 5.48. The Morgan fingerprint density at radius 3 is 2.32 bits per heavy atom. The summed E-state index contributed by atoms with van der Waals surface area (Å²) in [6.45, 7) is 7.49. The number of hydrogen-bond donors (Lipinski definition) is 1. The molecule has 2 unspecified atom stereocenters. The molecule has 1 heterocycles. The van der Waals surface area contributed by atoms with Gasteiger partial charge in [-0.15, -0.1) is 0 Å². The lowest BCUT2D eigenvalue weighted by Gasteiger charge is -2.28. The van der Waals surface area contributed by atoms with Gasteiger partial charge < -0.3 is 5.11 Å². The van der Waals surface area contributed by atoms with Crippen molar-refractivity contribution in [3.63, 3.8) is 0 Å². The van der Waals surface area contributed by atoms with Crippen molar-refractivity contribution in [2.75, 3.05) is 13.1 Å². The molecule has 2 aliphatic carbocycles. The molecular formula is C20H33NO3S. The molecule has 0 aromatic heterocycles. The maximum atomic E-state index is 13.0. The van der Waals surface area contributed by atoms with Gasteiger partial charge in [0, 0.05) is 13.1 Å². The predicted molar refractivity (Wildman–Crippen MR) is 101 cm³/mol. The molecule has 25 heavy (non-hydrogen) atoms. The standard InChI is InChI=1S/C20H33NO3S/c1-20(2,3)17-6-8-18(9-7-17)25(23,24)21-12-10-16(14-15-4-5-15)19(22)11-13-21/h6,8,15-16,19,22H,4-5,7,9-14H2,1-3H3. The molecule has 2 fully saturated rings. The summed E-state index contributed by atoms with van der Waals surface area (Å²) in [5.41, 5.74) is 1.40. The summed E-state index contributed by atoms with van der Waals surface area (Å²) >= 11 is 0. The van der Waals surface area contributed by atoms with Crippen LogP contribution in [0.3, 0.4) is 0 Å². The first-order valence-electron chi connectivity index (χ1n) is 9.76. The Balaban J connectivity index is 1.70. The van der Waals surface area contributed by atoms with E-state index in [4.69, 9.17) is 0 Å². The first-order chi connectivity index (χ1) is 11.7. The van der Waals surface area contributed by atoms with E-state index in [0.29, 0.717) is 30.8 Å². The van der Waals surface area contributed by atoms with Crippen LogP contribution in [0.2, 0.25) is 0 Å². The highest BCUT2D eigenvalue weighted by Crippen LogP contribution is 2.39. The average Bonchev–Trinajstić information content (AvgIpc) is 3.37. The van der Waals surface area contributed by atoms with Crippen molar-refractivity contribution in [3.8, 4) is 0 Å². The van der Waals surface area contributed by atoms with E-state index in [2.05, 4.69) is 20.8 Å². The van der Waals surface area contributed by atoms with Crippen molar-refractivity contribution in [2.24, 2.45) is 17.3 Å². The molecule has 0 aromatic rings. The van der Waals surface area contributed by atoms with E-state index in [-0.39, 0.29) is 17.4 Å². The van der Waals surface area contributed by atoms with Crippen LogP contribution in [0.15, 0.2) is 22.6 Å². The second kappa shape index (κ2) is 7.16. The largest absolute Gasteiger partial charge is 0.393 e. The Morgan fingerprint density at radius 1 is 1.08 bits per heavy atom. The topological polar surface area (TPSA) is 57.6 Å². The summed E-state index contributed by atoms with van der Waals surface area (Å²) in [7, 11) is -3.40. The van der Waals surface area contributed by atoms with Crippen LogP contribution in [-0.2, 0) is 10.0 Å². The number of allylic oxidation sites excluding steroid dienone is 4. The van der Waals surface area contributed by atoms with Crippen molar-refractivity contribution in [1.82, 2.24) is 4.31 Å². The quantitative estimate of drug-likeness (QED) is 0.821. The van der Waals surface area contributed by atoms with Gasteiger partial charge in [-0.3, -0.25) is 0 Å². The molecule has 1 saturated heterocycles. The third-order valence-corrected chi connectivity index (χ3v) is 8.09. The van der Waals surface area contributed by atoms with E-state index in [9.17, 15) is 13.5 Å². The van der Waals surface area contributed by atoms with Crippen LogP contribution >= 0.6 is 0 Å². The molecule has 3 aliphatic rings. The van der Waals surface area contributed by atoms with Gasteiger partial charge in [0.25, 0.3) is 0 Å². The van der Waals surface area contributed by atoms with Crippen LogP contribution < -0.4 is 0 Å². The van der Waals surface area contributed by atoms with Gasteiger partial charge in [0.05, 0.1) is 11.0 Å². The summed E-state index contributed by atoms with van der Waals surface area (Å²) in [5, 5.41) is 10.4. The monoisotopic (exact) mass is 367 g/mol. The Morgan fingerprint density at radius 2 is 1.76 bits per heavy atom. The summed E-state index contributed by atoms with van der Waals surface area (Å²) < 4.78 is 27.7. The van der Waals surface area contributed by atoms with Gasteiger partial charge in [0.1, 0.15) is 0 Å². The van der Waals surface area contributed by atoms with E-state index in [1.807, 2.05) is 12.2 Å². The molecule has 142 valence electrons. The summed E-state index contributed by atoms with van der Waals surface area (Å²) in [6.07, 6.45) is 9.83. The highest BCUT2D eigenvalue weighted by atomic mass is 32.2. The second-order valence-electron chi connectivity index (χ2n) is 9.06. The van der Waals surface area contributed by atoms with Crippen LogP contribution in [0, 0.1) is 17.3 Å². The molecule has 0 spiro atoms. The molecule has 0 bridgehead atoms. The Bertz CT molecular complexity index is 653. The number of rotatable bonds is 4. The third kappa shape index (κ3) is 4.55. The minimum absolute atomic E-state index is 0.0918. The highest BCUT2D eigenvalue weighted by molar-refractivity contribution is 7.93. The molecule has 0 radical (unpaired) electrons. The molecule has 2 atom stereocenters. The first-order valence-corrected chi connectivity index (χ1v) is 11.2. The van der Waals surface area contributed by atoms with Crippen LogP contribution in [0.5, 0.6) is 0 Å². The van der Waals surface area contributed by atoms with Crippen molar-refractivity contribution < 1.29 is 13.5 Å². The smallest absolute Gasteiger partial charge is 0.239 e. The molecule has 1 N–H and O–H groups in total. The van der Waals surface area contributed by atoms with Gasteiger partial charge in [0.15, 0.2) is 0 Å². The van der Waals surface area contributed by atoms with Crippen molar-refractivity contribution in [2.45, 2.75) is 71.8 Å². The predicted octanol–water partition coefficient (Wildman–Crippen LogP) is 3.84. The Hall–Kier alpha value is -0.650. The van der Waals surface area contributed by atoms with Crippen LogP contribution in [-0.4, -0.2) is 37.0 Å². The summed E-state index contributed by atoms with van der Waals surface area (Å²) in [6, 6.07) is 0. The zero-order valence-corrected chi connectivity index (χ0v) is 16.7. The average molecular weight is 368 g/mol. The van der Waals surface area contributed by atoms with E-state index in [0.717, 1.165) is 25.2 Å². The van der Waals surface area contributed by atoms with Gasteiger partial charge in [-0.25, -0.2) is 8.42 Å². The lowest BCUT2D eigenvalue weighted by Crippen LogP contribution is -2.33. The van der Waals surface area contributed by atoms with E-state index >= 15 is 0 Å². The molecule has 0 aromatic carbocycles. The Labute approximate surface area is 153 Å². The fraction of sp³-hybridized carbons (Fsp3) is 0.800. The maximum absolute atomic E-state index is 13.0. The van der Waals surface area contributed by atoms with Crippen LogP contribution in [0.1, 0.15) is 65.7 Å². The highest BCUT2D eigenvalue weighted by Gasteiger charge is 2.35. The molecular weight excluding hydrogens is 334 g/mol. The number of aliphatic hydroxyl groups excluding tert-OH is 1. The van der Waals surface area contributed by atoms with E-state index < -0.39 is 10.0 Å². The summed E-state index contributed by atoms with van der Waals surface area (Å²) in [5.74, 6) is 1.03. The van der Waals surface area contributed by atoms with Gasteiger partial charge in [0.2, 0.25) is 10.0 Å². The van der Waals surface area contributed by atoms with Crippen molar-refractivity contribution >= 4 is 10.0 Å². The number of sulfonamides is 1. The number of aliphatic hydroxyl groups is 1. The fourth-order valence-electron chi connectivity index (χ4n) is 4.05. The van der Waals surface area contributed by atoms with E-state index in [1.54, 1.807) is 4.31 Å². The zero-order valence-electron chi connectivity index (χ0n) is 15.9. The SMILES string of the molecule is CC(C)(C)C1=CC=C(S(=O)(=O)N2CCC(O)C(CC3CC3)CC2)CC1. The molecule has 1 aliphatic heterocycles. The van der Waals surface area contributed by atoms with Gasteiger partial charge in [-0.05, 0) is 55.4 Å². The van der Waals surface area contributed by atoms with Crippen molar-refractivity contribution in [3.05, 3.63) is 22.6 Å². The minimum Gasteiger partial charge on any atom is -0.393 e. The van der Waals surface area contributed by atoms with Gasteiger partial charge in [-0.2, -0.15) is 4.31 Å². The summed E-state index contributed by atoms with van der Waals surface area (Å²) in [4.78, 5) is 0.538. The molecule has 4 nitrogen and oxygen atoms in total. The lowest BCUT2D eigenvalue weighted by molar-refractivity contribution is 0.0960. The molecule has 3 rings (SSSR count). The number of nitrogens with zero attached hydrogens (tertiary/aromatic N) is 1.